The van der Waals surface area contributed by atoms with Gasteiger partial charge < -0.3 is 19.5 Å². The van der Waals surface area contributed by atoms with Crippen molar-refractivity contribution < 1.29 is 24.2 Å². The molecule has 1 heterocycles. The number of carbonyl (C=O) groups excluding carboxylic acids is 2. The standard InChI is InChI=1S/C24H24ClNO5/c1-30-15-11-12-18(25)17(13-15)22(27)20-21(16-9-5-6-10-19(16)31-2)26(24(29)23(20)28)14-7-3-4-8-14/h5-6,9-14,21,27H,3-4,7-8H2,1-2H3/b22-20+. The first-order valence-electron chi connectivity index (χ1n) is 10.2. The summed E-state index contributed by atoms with van der Waals surface area (Å²) in [5.41, 5.74) is 0.901. The Hall–Kier alpha value is -2.99. The first kappa shape index (κ1) is 21.2. The number of nitrogens with zero attached hydrogens (tertiary/aromatic N) is 1. The number of ketones is 1. The van der Waals surface area contributed by atoms with Gasteiger partial charge in [0.2, 0.25) is 0 Å². The molecule has 2 fully saturated rings. The first-order chi connectivity index (χ1) is 15.0. The Bertz CT molecular complexity index is 1060. The average Bonchev–Trinajstić information content (AvgIpc) is 3.40. The zero-order chi connectivity index (χ0) is 22.1. The van der Waals surface area contributed by atoms with Crippen LogP contribution >= 0.6 is 11.6 Å². The van der Waals surface area contributed by atoms with Crippen LogP contribution in [-0.2, 0) is 9.59 Å². The quantitative estimate of drug-likeness (QED) is 0.412. The summed E-state index contributed by atoms with van der Waals surface area (Å²) < 4.78 is 10.8. The molecule has 0 radical (unpaired) electrons. The van der Waals surface area contributed by atoms with Crippen molar-refractivity contribution in [2.45, 2.75) is 37.8 Å². The van der Waals surface area contributed by atoms with Crippen LogP contribution in [0.5, 0.6) is 11.5 Å². The van der Waals surface area contributed by atoms with Gasteiger partial charge >= 0.3 is 0 Å². The molecule has 1 aliphatic carbocycles. The number of halogens is 1. The van der Waals surface area contributed by atoms with Crippen molar-refractivity contribution >= 4 is 29.1 Å². The summed E-state index contributed by atoms with van der Waals surface area (Å²) in [6, 6.07) is 11.2. The lowest BCUT2D eigenvalue weighted by atomic mass is 9.94. The lowest BCUT2D eigenvalue weighted by Gasteiger charge is -2.31. The fourth-order valence-electron chi connectivity index (χ4n) is 4.56. The number of hydrogen-bond acceptors (Lipinski definition) is 5. The predicted octanol–water partition coefficient (Wildman–Crippen LogP) is 4.72. The normalized spacial score (nSPS) is 21.0. The summed E-state index contributed by atoms with van der Waals surface area (Å²) in [7, 11) is 3.04. The van der Waals surface area contributed by atoms with Crippen LogP contribution in [-0.4, -0.2) is 42.0 Å². The van der Waals surface area contributed by atoms with Crippen molar-refractivity contribution in [3.63, 3.8) is 0 Å². The summed E-state index contributed by atoms with van der Waals surface area (Å²) in [6.45, 7) is 0. The van der Waals surface area contributed by atoms with E-state index in [0.29, 0.717) is 17.1 Å². The maximum Gasteiger partial charge on any atom is 0.295 e. The van der Waals surface area contributed by atoms with Gasteiger partial charge in [-0.15, -0.1) is 0 Å². The number of hydrogen-bond donors (Lipinski definition) is 1. The number of Topliss-reactive ketones (excluding diaryl/α,β-unsaturated/α-hetero) is 1. The van der Waals surface area contributed by atoms with Crippen molar-refractivity contribution in [2.75, 3.05) is 14.2 Å². The summed E-state index contributed by atoms with van der Waals surface area (Å²) >= 11 is 6.34. The van der Waals surface area contributed by atoms with E-state index in [9.17, 15) is 14.7 Å². The average molecular weight is 442 g/mol. The number of aliphatic hydroxyl groups excluding tert-OH is 1. The number of ether oxygens (including phenoxy) is 2. The first-order valence-corrected chi connectivity index (χ1v) is 10.6. The minimum Gasteiger partial charge on any atom is -0.507 e. The third kappa shape index (κ3) is 3.65. The van der Waals surface area contributed by atoms with E-state index in [0.717, 1.165) is 25.7 Å². The molecule has 162 valence electrons. The van der Waals surface area contributed by atoms with E-state index in [1.807, 2.05) is 18.2 Å². The molecule has 0 spiro atoms. The van der Waals surface area contributed by atoms with E-state index >= 15 is 0 Å². The van der Waals surface area contributed by atoms with E-state index < -0.39 is 17.7 Å². The maximum atomic E-state index is 13.2. The highest BCUT2D eigenvalue weighted by atomic mass is 35.5. The smallest absolute Gasteiger partial charge is 0.295 e. The van der Waals surface area contributed by atoms with Crippen LogP contribution in [0.1, 0.15) is 42.9 Å². The van der Waals surface area contributed by atoms with Crippen molar-refractivity contribution in [3.8, 4) is 11.5 Å². The van der Waals surface area contributed by atoms with Crippen LogP contribution < -0.4 is 9.47 Å². The van der Waals surface area contributed by atoms with Gasteiger partial charge in [-0.25, -0.2) is 0 Å². The second-order valence-electron chi connectivity index (χ2n) is 7.73. The van der Waals surface area contributed by atoms with E-state index in [2.05, 4.69) is 0 Å². The molecular formula is C24H24ClNO5. The van der Waals surface area contributed by atoms with E-state index in [1.54, 1.807) is 36.3 Å². The van der Waals surface area contributed by atoms with Crippen LogP contribution in [0.25, 0.3) is 5.76 Å². The molecule has 4 rings (SSSR count). The monoisotopic (exact) mass is 441 g/mol. The highest BCUT2D eigenvalue weighted by molar-refractivity contribution is 6.47. The molecule has 1 aliphatic heterocycles. The third-order valence-electron chi connectivity index (χ3n) is 6.06. The second-order valence-corrected chi connectivity index (χ2v) is 8.14. The molecule has 0 aromatic heterocycles. The Morgan fingerprint density at radius 3 is 2.45 bits per heavy atom. The molecule has 1 unspecified atom stereocenters. The summed E-state index contributed by atoms with van der Waals surface area (Å²) in [5.74, 6) is -0.633. The van der Waals surface area contributed by atoms with E-state index in [-0.39, 0.29) is 28.0 Å². The molecular weight excluding hydrogens is 418 g/mol. The number of methoxy groups -OCH3 is 2. The molecule has 2 aliphatic rings. The zero-order valence-corrected chi connectivity index (χ0v) is 18.2. The van der Waals surface area contributed by atoms with Crippen LogP contribution in [0.15, 0.2) is 48.0 Å². The minimum atomic E-state index is -0.762. The van der Waals surface area contributed by atoms with Crippen LogP contribution in [0, 0.1) is 0 Å². The molecule has 2 aromatic carbocycles. The largest absolute Gasteiger partial charge is 0.507 e. The molecule has 6 nitrogen and oxygen atoms in total. The van der Waals surface area contributed by atoms with Crippen LogP contribution in [0.2, 0.25) is 5.02 Å². The van der Waals surface area contributed by atoms with Crippen LogP contribution in [0.3, 0.4) is 0 Å². The number of aliphatic hydroxyl groups is 1. The van der Waals surface area contributed by atoms with Crippen LogP contribution in [0.4, 0.5) is 0 Å². The van der Waals surface area contributed by atoms with Gasteiger partial charge in [0.25, 0.3) is 11.7 Å². The lowest BCUT2D eigenvalue weighted by Crippen LogP contribution is -2.37. The van der Waals surface area contributed by atoms with Gasteiger partial charge in [-0.05, 0) is 37.1 Å². The fourth-order valence-corrected chi connectivity index (χ4v) is 4.77. The van der Waals surface area contributed by atoms with Gasteiger partial charge in [0.15, 0.2) is 0 Å². The van der Waals surface area contributed by atoms with Gasteiger partial charge in [-0.1, -0.05) is 42.6 Å². The van der Waals surface area contributed by atoms with E-state index in [1.165, 1.54) is 7.11 Å². The van der Waals surface area contributed by atoms with Gasteiger partial charge in [0, 0.05) is 17.2 Å². The molecule has 1 saturated heterocycles. The highest BCUT2D eigenvalue weighted by Gasteiger charge is 2.50. The zero-order valence-electron chi connectivity index (χ0n) is 17.4. The van der Waals surface area contributed by atoms with E-state index in [4.69, 9.17) is 21.1 Å². The lowest BCUT2D eigenvalue weighted by molar-refractivity contribution is -0.141. The molecule has 2 aromatic rings. The highest BCUT2D eigenvalue weighted by Crippen LogP contribution is 2.46. The van der Waals surface area contributed by atoms with Crippen molar-refractivity contribution in [1.29, 1.82) is 0 Å². The predicted molar refractivity (Wildman–Crippen MR) is 117 cm³/mol. The number of rotatable bonds is 5. The van der Waals surface area contributed by atoms with Gasteiger partial charge in [-0.2, -0.15) is 0 Å². The van der Waals surface area contributed by atoms with Gasteiger partial charge in [-0.3, -0.25) is 9.59 Å². The molecule has 1 atom stereocenters. The summed E-state index contributed by atoms with van der Waals surface area (Å²) in [5, 5.41) is 11.5. The summed E-state index contributed by atoms with van der Waals surface area (Å²) in [4.78, 5) is 28.0. The van der Waals surface area contributed by atoms with Crippen molar-refractivity contribution in [3.05, 3.63) is 64.2 Å². The molecule has 1 amide bonds. The second kappa shape index (κ2) is 8.63. The number of amides is 1. The SMILES string of the molecule is COc1ccc(Cl)c(/C(O)=C2\C(=O)C(=O)N(C3CCCC3)C2c2ccccc2OC)c1. The number of carbonyl (C=O) groups is 2. The Kier molecular flexibility index (Phi) is 5.92. The minimum absolute atomic E-state index is 0.0107. The Labute approximate surface area is 186 Å². The topological polar surface area (TPSA) is 76.1 Å². The number of benzene rings is 2. The number of para-hydroxylation sites is 1. The Balaban J connectivity index is 1.95. The molecule has 1 saturated carbocycles. The van der Waals surface area contributed by atoms with Gasteiger partial charge in [0.05, 0.1) is 30.9 Å². The molecule has 31 heavy (non-hydrogen) atoms. The summed E-state index contributed by atoms with van der Waals surface area (Å²) in [6.07, 6.45) is 3.62. The van der Waals surface area contributed by atoms with Crippen molar-refractivity contribution in [1.82, 2.24) is 4.90 Å². The molecule has 0 bridgehead atoms. The maximum absolute atomic E-state index is 13.2. The molecule has 1 N–H and O–H groups in total. The molecule has 7 heteroatoms. The van der Waals surface area contributed by atoms with Crippen molar-refractivity contribution in [2.24, 2.45) is 0 Å². The Morgan fingerprint density at radius 2 is 1.77 bits per heavy atom. The third-order valence-corrected chi connectivity index (χ3v) is 6.39. The van der Waals surface area contributed by atoms with Gasteiger partial charge in [0.1, 0.15) is 17.3 Å². The fraction of sp³-hybridized carbons (Fsp3) is 0.333. The number of likely N-dealkylation sites (tertiary alicyclic amines) is 1. The Morgan fingerprint density at radius 1 is 1.06 bits per heavy atom.